The van der Waals surface area contributed by atoms with Crippen LogP contribution < -0.4 is 14.8 Å². The summed E-state index contributed by atoms with van der Waals surface area (Å²) in [6.07, 6.45) is 4.98. The fraction of sp³-hybridized carbons (Fsp3) is 0.250. The lowest BCUT2D eigenvalue weighted by molar-refractivity contribution is -0.136. The van der Waals surface area contributed by atoms with E-state index in [9.17, 15) is 14.0 Å². The lowest BCUT2D eigenvalue weighted by Gasteiger charge is -2.24. The summed E-state index contributed by atoms with van der Waals surface area (Å²) in [5, 5.41) is 2.68. The minimum atomic E-state index is -1.32. The molecular weight excluding hydrogens is 597 g/mol. The molecule has 2 amide bonds. The third-order valence-corrected chi connectivity index (χ3v) is 6.92. The lowest BCUT2D eigenvalue weighted by Crippen LogP contribution is -2.44. The Morgan fingerprint density at radius 2 is 1.54 bits per heavy atom. The van der Waals surface area contributed by atoms with Gasteiger partial charge in [-0.05, 0) is 50.8 Å². The smallest absolute Gasteiger partial charge is 0.316 e. The number of pyridine rings is 1. The Hall–Kier alpha value is -4.52. The topological polar surface area (TPSA) is 132 Å². The second-order valence-electron chi connectivity index (χ2n) is 9.24. The van der Waals surface area contributed by atoms with Gasteiger partial charge in [0.15, 0.2) is 0 Å². The van der Waals surface area contributed by atoms with Crippen molar-refractivity contribution in [2.75, 3.05) is 26.1 Å². The maximum atomic E-state index is 14.5. The van der Waals surface area contributed by atoms with E-state index in [1.165, 1.54) is 19.1 Å². The standard InChI is InChI=1S/C28H25BrFN7O4/c1-40-27-31-11-19(12-32-27)17-6-16(7-18(9-17)20-13-33-28(41-2)34-14-20)8-25(38)37-15-21(30)10-22(37)26(39)36-24-5-3-4-23(29)35-24/h3-7,9,11-14,21-22H,8,10,15H2,1-2H3,(H,35,36,39)/t21-,22+/m1/s1. The van der Waals surface area contributed by atoms with Crippen LogP contribution in [0.1, 0.15) is 12.0 Å². The van der Waals surface area contributed by atoms with Crippen molar-refractivity contribution in [1.82, 2.24) is 29.8 Å². The maximum Gasteiger partial charge on any atom is 0.316 e. The van der Waals surface area contributed by atoms with Crippen LogP contribution in [0.15, 0.2) is 65.8 Å². The zero-order chi connectivity index (χ0) is 28.9. The van der Waals surface area contributed by atoms with E-state index in [0.717, 1.165) is 11.1 Å². The number of carbonyl (C=O) groups is 2. The third-order valence-electron chi connectivity index (χ3n) is 6.48. The summed E-state index contributed by atoms with van der Waals surface area (Å²) in [4.78, 5) is 48.8. The van der Waals surface area contributed by atoms with Gasteiger partial charge in [0.1, 0.15) is 22.6 Å². The van der Waals surface area contributed by atoms with Crippen LogP contribution in [-0.4, -0.2) is 74.6 Å². The summed E-state index contributed by atoms with van der Waals surface area (Å²) >= 11 is 3.26. The van der Waals surface area contributed by atoms with Crippen molar-refractivity contribution in [3.05, 3.63) is 71.4 Å². The van der Waals surface area contributed by atoms with Gasteiger partial charge in [-0.1, -0.05) is 18.2 Å². The Morgan fingerprint density at radius 3 is 2.07 bits per heavy atom. The van der Waals surface area contributed by atoms with Crippen molar-refractivity contribution in [3.63, 3.8) is 0 Å². The Morgan fingerprint density at radius 1 is 0.951 bits per heavy atom. The molecule has 0 spiro atoms. The molecule has 13 heteroatoms. The van der Waals surface area contributed by atoms with E-state index < -0.39 is 18.1 Å². The monoisotopic (exact) mass is 621 g/mol. The van der Waals surface area contributed by atoms with Crippen LogP contribution in [0.2, 0.25) is 0 Å². The molecule has 1 N–H and O–H groups in total. The molecule has 0 unspecified atom stereocenters. The molecule has 0 saturated carbocycles. The molecule has 0 radical (unpaired) electrons. The average molecular weight is 622 g/mol. The minimum absolute atomic E-state index is 0.0689. The van der Waals surface area contributed by atoms with E-state index in [-0.39, 0.29) is 37.3 Å². The van der Waals surface area contributed by atoms with Gasteiger partial charge in [0.05, 0.1) is 27.2 Å². The van der Waals surface area contributed by atoms with Gasteiger partial charge in [0, 0.05) is 42.3 Å². The van der Waals surface area contributed by atoms with E-state index in [2.05, 4.69) is 46.2 Å². The molecule has 0 bridgehead atoms. The number of benzene rings is 1. The van der Waals surface area contributed by atoms with Crippen LogP contribution in [0.3, 0.4) is 0 Å². The third kappa shape index (κ3) is 6.62. The van der Waals surface area contributed by atoms with Crippen LogP contribution in [0.5, 0.6) is 12.0 Å². The normalized spacial score (nSPS) is 16.3. The first-order valence-electron chi connectivity index (χ1n) is 12.6. The number of halogens is 2. The predicted molar refractivity (Wildman–Crippen MR) is 151 cm³/mol. The van der Waals surface area contributed by atoms with Gasteiger partial charge in [-0.2, -0.15) is 0 Å². The van der Waals surface area contributed by atoms with Gasteiger partial charge in [0.25, 0.3) is 0 Å². The van der Waals surface area contributed by atoms with Gasteiger partial charge in [-0.15, -0.1) is 0 Å². The molecule has 41 heavy (non-hydrogen) atoms. The van der Waals surface area contributed by atoms with Crippen LogP contribution in [0, 0.1) is 0 Å². The van der Waals surface area contributed by atoms with Crippen molar-refractivity contribution < 1.29 is 23.5 Å². The molecule has 1 aromatic carbocycles. The maximum absolute atomic E-state index is 14.5. The highest BCUT2D eigenvalue weighted by molar-refractivity contribution is 9.10. The summed E-state index contributed by atoms with van der Waals surface area (Å²) in [7, 11) is 2.96. The van der Waals surface area contributed by atoms with Gasteiger partial charge < -0.3 is 19.7 Å². The first kappa shape index (κ1) is 28.0. The number of alkyl halides is 1. The number of rotatable bonds is 8. The van der Waals surface area contributed by atoms with Crippen LogP contribution in [0.25, 0.3) is 22.3 Å². The minimum Gasteiger partial charge on any atom is -0.467 e. The summed E-state index contributed by atoms with van der Waals surface area (Å²) in [5.74, 6) is -0.572. The summed E-state index contributed by atoms with van der Waals surface area (Å²) in [6.45, 7) is -0.173. The highest BCUT2D eigenvalue weighted by atomic mass is 79.9. The number of methoxy groups -OCH3 is 2. The quantitative estimate of drug-likeness (QED) is 0.291. The van der Waals surface area contributed by atoms with E-state index in [0.29, 0.717) is 27.1 Å². The number of hydrogen-bond acceptors (Lipinski definition) is 9. The number of anilines is 1. The number of ether oxygens (including phenoxy) is 2. The number of likely N-dealkylation sites (tertiary alicyclic amines) is 1. The van der Waals surface area contributed by atoms with Gasteiger partial charge in [-0.3, -0.25) is 9.59 Å². The Labute approximate surface area is 243 Å². The molecule has 210 valence electrons. The zero-order valence-corrected chi connectivity index (χ0v) is 23.7. The molecule has 4 heterocycles. The fourth-order valence-electron chi connectivity index (χ4n) is 4.54. The zero-order valence-electron chi connectivity index (χ0n) is 22.1. The molecule has 1 aliphatic heterocycles. The van der Waals surface area contributed by atoms with Crippen molar-refractivity contribution in [3.8, 4) is 34.3 Å². The number of nitrogens with zero attached hydrogens (tertiary/aromatic N) is 6. The summed E-state index contributed by atoms with van der Waals surface area (Å²) in [5.41, 5.74) is 3.51. The molecule has 0 aliphatic carbocycles. The number of amides is 2. The number of hydrogen-bond donors (Lipinski definition) is 1. The van der Waals surface area contributed by atoms with Crippen LogP contribution in [-0.2, 0) is 16.0 Å². The number of carbonyl (C=O) groups excluding carboxylic acids is 2. The molecule has 11 nitrogen and oxygen atoms in total. The van der Waals surface area contributed by atoms with Crippen molar-refractivity contribution in [2.24, 2.45) is 0 Å². The Bertz CT molecular complexity index is 1490. The van der Waals surface area contributed by atoms with Crippen LogP contribution in [0.4, 0.5) is 10.2 Å². The van der Waals surface area contributed by atoms with E-state index >= 15 is 0 Å². The predicted octanol–water partition coefficient (Wildman–Crippen LogP) is 3.90. The largest absolute Gasteiger partial charge is 0.467 e. The Balaban J connectivity index is 1.43. The first-order valence-corrected chi connectivity index (χ1v) is 13.4. The Kier molecular flexibility index (Phi) is 8.43. The highest BCUT2D eigenvalue weighted by Crippen LogP contribution is 2.30. The van der Waals surface area contributed by atoms with Gasteiger partial charge >= 0.3 is 12.0 Å². The molecule has 1 saturated heterocycles. The highest BCUT2D eigenvalue weighted by Gasteiger charge is 2.39. The van der Waals surface area contributed by atoms with E-state index in [1.54, 1.807) is 43.0 Å². The van der Waals surface area contributed by atoms with E-state index in [1.807, 2.05) is 18.2 Å². The molecule has 2 atom stereocenters. The molecule has 5 rings (SSSR count). The molecular formula is C28H25BrFN7O4. The average Bonchev–Trinajstić information content (AvgIpc) is 3.39. The summed E-state index contributed by atoms with van der Waals surface area (Å²) < 4.78 is 25.2. The van der Waals surface area contributed by atoms with Crippen molar-refractivity contribution in [2.45, 2.75) is 25.1 Å². The fourth-order valence-corrected chi connectivity index (χ4v) is 4.88. The molecule has 1 fully saturated rings. The molecule has 1 aliphatic rings. The second-order valence-corrected chi connectivity index (χ2v) is 10.1. The van der Waals surface area contributed by atoms with Crippen molar-refractivity contribution in [1.29, 1.82) is 0 Å². The van der Waals surface area contributed by atoms with Crippen molar-refractivity contribution >= 4 is 33.6 Å². The SMILES string of the molecule is COc1ncc(-c2cc(CC(=O)N3C[C@H](F)C[C@H]3C(=O)Nc3cccc(Br)n3)cc(-c3cnc(OC)nc3)c2)cn1. The molecule has 3 aromatic heterocycles. The lowest BCUT2D eigenvalue weighted by atomic mass is 9.97. The first-order chi connectivity index (χ1) is 19.8. The number of nitrogens with one attached hydrogen (secondary N) is 1. The molecule has 4 aromatic rings. The van der Waals surface area contributed by atoms with Crippen LogP contribution >= 0.6 is 15.9 Å². The number of aromatic nitrogens is 5. The second kappa shape index (κ2) is 12.3. The van der Waals surface area contributed by atoms with E-state index in [4.69, 9.17) is 9.47 Å². The van der Waals surface area contributed by atoms with Gasteiger partial charge in [0.2, 0.25) is 11.8 Å². The van der Waals surface area contributed by atoms with Gasteiger partial charge in [-0.25, -0.2) is 29.3 Å². The summed E-state index contributed by atoms with van der Waals surface area (Å²) in [6, 6.07) is 10.1.